The maximum absolute atomic E-state index is 13.4. The molecule has 1 aliphatic rings. The average Bonchev–Trinajstić information content (AvgIpc) is 3.03. The molecule has 2 amide bonds. The number of hydrogen-bond donors (Lipinski definition) is 0. The van der Waals surface area contributed by atoms with Crippen molar-refractivity contribution >= 4 is 46.4 Å². The first-order valence-corrected chi connectivity index (χ1v) is 10.6. The lowest BCUT2D eigenvalue weighted by Crippen LogP contribution is -2.31. The Balaban J connectivity index is 1.73. The molecule has 0 bridgehead atoms. The molecule has 3 aromatic rings. The van der Waals surface area contributed by atoms with Crippen molar-refractivity contribution in [2.45, 2.75) is 5.75 Å². The van der Waals surface area contributed by atoms with Crippen LogP contribution in [-0.2, 0) is 15.3 Å². The summed E-state index contributed by atoms with van der Waals surface area (Å²) in [6, 6.07) is 24.0. The quantitative estimate of drug-likeness (QED) is 0.475. The summed E-state index contributed by atoms with van der Waals surface area (Å²) >= 11 is 7.61. The number of carbonyl (C=O) groups excluding carboxylic acids is 2. The molecule has 150 valence electrons. The van der Waals surface area contributed by atoms with Crippen LogP contribution in [0.3, 0.4) is 0 Å². The van der Waals surface area contributed by atoms with Gasteiger partial charge in [-0.05, 0) is 29.3 Å². The lowest BCUT2D eigenvalue weighted by atomic mass is 10.1. The summed E-state index contributed by atoms with van der Waals surface area (Å²) in [5, 5.41) is 0.335. The minimum Gasteiger partial charge on any atom is -0.495 e. The second-order valence-corrected chi connectivity index (χ2v) is 8.00. The lowest BCUT2D eigenvalue weighted by molar-refractivity contribution is -0.119. The molecule has 0 spiro atoms. The Morgan fingerprint density at radius 1 is 0.900 bits per heavy atom. The van der Waals surface area contributed by atoms with E-state index in [1.54, 1.807) is 18.2 Å². The zero-order valence-corrected chi connectivity index (χ0v) is 17.7. The predicted octanol–water partition coefficient (Wildman–Crippen LogP) is 5.57. The highest BCUT2D eigenvalue weighted by Crippen LogP contribution is 2.40. The molecule has 0 atom stereocenters. The molecule has 6 heteroatoms. The number of thioether (sulfide) groups is 1. The number of hydrogen-bond acceptors (Lipinski definition) is 4. The standard InChI is InChI=1S/C24H18ClNO3S/c1-29-20-13-12-18(14-19(20)25)26-23(27)21(17-10-6-3-7-11-17)22(24(26)28)30-15-16-8-4-2-5-9-16/h2-14H,15H2,1H3. The second-order valence-electron chi connectivity index (χ2n) is 6.61. The van der Waals surface area contributed by atoms with Gasteiger partial charge in [0.2, 0.25) is 0 Å². The first kappa shape index (κ1) is 20.3. The molecule has 1 heterocycles. The van der Waals surface area contributed by atoms with Gasteiger partial charge in [-0.25, -0.2) is 4.90 Å². The minimum absolute atomic E-state index is 0.335. The van der Waals surface area contributed by atoms with Gasteiger partial charge in [0, 0.05) is 5.75 Å². The van der Waals surface area contributed by atoms with Crippen molar-refractivity contribution in [2.24, 2.45) is 0 Å². The fourth-order valence-corrected chi connectivity index (χ4v) is 4.58. The van der Waals surface area contributed by atoms with Crippen molar-refractivity contribution in [2.75, 3.05) is 12.0 Å². The number of benzene rings is 3. The Hall–Kier alpha value is -3.02. The fraction of sp³-hybridized carbons (Fsp3) is 0.0833. The molecule has 0 saturated carbocycles. The third-order valence-electron chi connectivity index (χ3n) is 4.72. The molecule has 4 nitrogen and oxygen atoms in total. The fourth-order valence-electron chi connectivity index (χ4n) is 3.26. The molecule has 1 aliphatic heterocycles. The monoisotopic (exact) mass is 435 g/mol. The molecule has 0 N–H and O–H groups in total. The van der Waals surface area contributed by atoms with Crippen molar-refractivity contribution < 1.29 is 14.3 Å². The van der Waals surface area contributed by atoms with Crippen LogP contribution in [0.4, 0.5) is 5.69 Å². The Labute approximate surface area is 184 Å². The molecular formula is C24H18ClNO3S. The van der Waals surface area contributed by atoms with E-state index >= 15 is 0 Å². The Morgan fingerprint density at radius 3 is 2.20 bits per heavy atom. The normalized spacial score (nSPS) is 13.9. The van der Waals surface area contributed by atoms with E-state index in [0.717, 1.165) is 5.56 Å². The second kappa shape index (κ2) is 8.78. The zero-order chi connectivity index (χ0) is 21.1. The van der Waals surface area contributed by atoms with Gasteiger partial charge in [0.15, 0.2) is 0 Å². The molecule has 0 fully saturated rings. The number of methoxy groups -OCH3 is 1. The molecule has 0 saturated heterocycles. The molecule has 0 aromatic heterocycles. The van der Waals surface area contributed by atoms with E-state index in [4.69, 9.17) is 16.3 Å². The van der Waals surface area contributed by atoms with Crippen molar-refractivity contribution in [3.8, 4) is 5.75 Å². The third kappa shape index (κ3) is 3.86. The predicted molar refractivity (Wildman–Crippen MR) is 122 cm³/mol. The summed E-state index contributed by atoms with van der Waals surface area (Å²) in [7, 11) is 1.51. The summed E-state index contributed by atoms with van der Waals surface area (Å²) in [6.45, 7) is 0. The smallest absolute Gasteiger partial charge is 0.272 e. The van der Waals surface area contributed by atoms with Crippen molar-refractivity contribution in [3.63, 3.8) is 0 Å². The van der Waals surface area contributed by atoms with E-state index in [0.29, 0.717) is 38.3 Å². The molecule has 3 aromatic carbocycles. The van der Waals surface area contributed by atoms with E-state index in [-0.39, 0.29) is 11.8 Å². The molecular weight excluding hydrogens is 418 g/mol. The topological polar surface area (TPSA) is 46.6 Å². The van der Waals surface area contributed by atoms with Gasteiger partial charge >= 0.3 is 0 Å². The van der Waals surface area contributed by atoms with Crippen molar-refractivity contribution in [3.05, 3.63) is 99.9 Å². The van der Waals surface area contributed by atoms with E-state index in [1.165, 1.54) is 23.8 Å². The third-order valence-corrected chi connectivity index (χ3v) is 6.16. The molecule has 0 radical (unpaired) electrons. The van der Waals surface area contributed by atoms with Crippen molar-refractivity contribution in [1.82, 2.24) is 0 Å². The van der Waals surface area contributed by atoms with Crippen LogP contribution in [0.5, 0.6) is 5.75 Å². The zero-order valence-electron chi connectivity index (χ0n) is 16.2. The van der Waals surface area contributed by atoms with E-state index in [1.807, 2.05) is 60.7 Å². The largest absolute Gasteiger partial charge is 0.495 e. The van der Waals surface area contributed by atoms with E-state index in [2.05, 4.69) is 0 Å². The number of nitrogens with zero attached hydrogens (tertiary/aromatic N) is 1. The minimum atomic E-state index is -0.358. The van der Waals surface area contributed by atoms with Crippen LogP contribution < -0.4 is 9.64 Å². The number of imide groups is 1. The number of halogens is 1. The van der Waals surface area contributed by atoms with Gasteiger partial charge in [-0.3, -0.25) is 9.59 Å². The highest BCUT2D eigenvalue weighted by atomic mass is 35.5. The van der Waals surface area contributed by atoms with Gasteiger partial charge in [0.25, 0.3) is 11.8 Å². The van der Waals surface area contributed by atoms with Crippen LogP contribution in [0.1, 0.15) is 11.1 Å². The lowest BCUT2D eigenvalue weighted by Gasteiger charge is -2.16. The number of rotatable bonds is 6. The van der Waals surface area contributed by atoms with Crippen LogP contribution >= 0.6 is 23.4 Å². The van der Waals surface area contributed by atoms with Crippen LogP contribution in [-0.4, -0.2) is 18.9 Å². The summed E-state index contributed by atoms with van der Waals surface area (Å²) in [4.78, 5) is 28.3. The van der Waals surface area contributed by atoms with Crippen LogP contribution in [0.25, 0.3) is 5.57 Å². The highest BCUT2D eigenvalue weighted by molar-refractivity contribution is 8.03. The van der Waals surface area contributed by atoms with Gasteiger partial charge in [-0.1, -0.05) is 72.3 Å². The molecule has 0 unspecified atom stereocenters. The summed E-state index contributed by atoms with van der Waals surface area (Å²) in [5.74, 6) is 0.362. The Morgan fingerprint density at radius 2 is 1.57 bits per heavy atom. The van der Waals surface area contributed by atoms with Gasteiger partial charge < -0.3 is 4.74 Å². The molecule has 0 aliphatic carbocycles. The summed E-state index contributed by atoms with van der Waals surface area (Å²) < 4.78 is 5.18. The number of anilines is 1. The molecule has 30 heavy (non-hydrogen) atoms. The first-order valence-electron chi connectivity index (χ1n) is 9.29. The number of amides is 2. The average molecular weight is 436 g/mol. The van der Waals surface area contributed by atoms with Gasteiger partial charge in [-0.2, -0.15) is 0 Å². The summed E-state index contributed by atoms with van der Waals surface area (Å²) in [5.41, 5.74) is 2.62. The Bertz CT molecular complexity index is 1130. The Kier molecular flexibility index (Phi) is 5.93. The first-order chi connectivity index (χ1) is 14.6. The van der Waals surface area contributed by atoms with Gasteiger partial charge in [0.1, 0.15) is 5.75 Å². The van der Waals surface area contributed by atoms with Crippen LogP contribution in [0, 0.1) is 0 Å². The number of carbonyl (C=O) groups is 2. The highest BCUT2D eigenvalue weighted by Gasteiger charge is 2.40. The van der Waals surface area contributed by atoms with E-state index < -0.39 is 0 Å². The van der Waals surface area contributed by atoms with Gasteiger partial charge in [0.05, 0.1) is 28.3 Å². The van der Waals surface area contributed by atoms with Crippen molar-refractivity contribution in [1.29, 1.82) is 0 Å². The van der Waals surface area contributed by atoms with E-state index in [9.17, 15) is 9.59 Å². The maximum Gasteiger partial charge on any atom is 0.272 e. The number of ether oxygens (including phenoxy) is 1. The summed E-state index contributed by atoms with van der Waals surface area (Å²) in [6.07, 6.45) is 0. The van der Waals surface area contributed by atoms with Crippen LogP contribution in [0.15, 0.2) is 83.8 Å². The maximum atomic E-state index is 13.4. The van der Waals surface area contributed by atoms with Crippen LogP contribution in [0.2, 0.25) is 5.02 Å². The molecule has 4 rings (SSSR count). The SMILES string of the molecule is COc1ccc(N2C(=O)C(SCc3ccccc3)=C(c3ccccc3)C2=O)cc1Cl. The van der Waals surface area contributed by atoms with Gasteiger partial charge in [-0.15, -0.1) is 11.8 Å².